The first-order chi connectivity index (χ1) is 14.3. The summed E-state index contributed by atoms with van der Waals surface area (Å²) in [5.74, 6) is 0.0737. The predicted molar refractivity (Wildman–Crippen MR) is 124 cm³/mol. The van der Waals surface area contributed by atoms with Crippen LogP contribution >= 0.6 is 15.9 Å². The van der Waals surface area contributed by atoms with E-state index in [-0.39, 0.29) is 11.8 Å². The van der Waals surface area contributed by atoms with Crippen molar-refractivity contribution in [1.82, 2.24) is 14.8 Å². The van der Waals surface area contributed by atoms with Crippen molar-refractivity contribution in [3.8, 4) is 0 Å². The fourth-order valence-corrected chi connectivity index (χ4v) is 4.00. The van der Waals surface area contributed by atoms with Gasteiger partial charge < -0.3 is 14.7 Å². The summed E-state index contributed by atoms with van der Waals surface area (Å²) in [5, 5.41) is 0. The Labute approximate surface area is 186 Å². The van der Waals surface area contributed by atoms with Crippen LogP contribution in [-0.2, 0) is 4.79 Å². The third kappa shape index (κ3) is 5.08. The van der Waals surface area contributed by atoms with Gasteiger partial charge in [-0.25, -0.2) is 0 Å². The smallest absolute Gasteiger partial charge is 0.253 e. The fraction of sp³-hybridized carbons (Fsp3) is 0.348. The van der Waals surface area contributed by atoms with Gasteiger partial charge in [-0.1, -0.05) is 27.6 Å². The molecule has 1 saturated heterocycles. The highest BCUT2D eigenvalue weighted by atomic mass is 79.9. The average Bonchev–Trinajstić information content (AvgIpc) is 2.72. The first kappa shape index (κ1) is 22.0. The molecule has 1 aromatic carbocycles. The molecule has 1 aromatic heterocycles. The highest BCUT2D eigenvalue weighted by molar-refractivity contribution is 9.10. The highest BCUT2D eigenvalue weighted by Gasteiger charge is 2.24. The molecule has 30 heavy (non-hydrogen) atoms. The average molecular weight is 471 g/mol. The summed E-state index contributed by atoms with van der Waals surface area (Å²) in [6.45, 7) is 6.38. The second-order valence-corrected chi connectivity index (χ2v) is 8.62. The lowest BCUT2D eigenvalue weighted by Crippen LogP contribution is -2.50. The highest BCUT2D eigenvalue weighted by Crippen LogP contribution is 2.23. The van der Waals surface area contributed by atoms with Crippen LogP contribution in [-0.4, -0.2) is 66.9 Å². The molecule has 7 heteroatoms. The van der Waals surface area contributed by atoms with Gasteiger partial charge in [-0.2, -0.15) is 0 Å². The summed E-state index contributed by atoms with van der Waals surface area (Å²) in [6.07, 6.45) is 3.87. The minimum absolute atomic E-state index is 0.0276. The number of pyridine rings is 1. The Kier molecular flexibility index (Phi) is 6.92. The molecule has 0 aliphatic carbocycles. The van der Waals surface area contributed by atoms with Crippen molar-refractivity contribution in [3.63, 3.8) is 0 Å². The molecular formula is C23H27BrN4O2. The van der Waals surface area contributed by atoms with E-state index in [2.05, 4.69) is 31.9 Å². The Morgan fingerprint density at radius 3 is 2.50 bits per heavy atom. The van der Waals surface area contributed by atoms with E-state index >= 15 is 0 Å². The van der Waals surface area contributed by atoms with Crippen LogP contribution in [0.15, 0.2) is 46.6 Å². The van der Waals surface area contributed by atoms with Crippen molar-refractivity contribution in [1.29, 1.82) is 0 Å². The minimum atomic E-state index is -0.0276. The molecule has 0 N–H and O–H groups in total. The number of rotatable bonds is 5. The number of carbonyl (C=O) groups is 2. The van der Waals surface area contributed by atoms with Crippen LogP contribution in [0.2, 0.25) is 0 Å². The Balaban J connectivity index is 1.63. The Morgan fingerprint density at radius 1 is 1.20 bits per heavy atom. The second kappa shape index (κ2) is 9.43. The maximum atomic E-state index is 12.7. The molecule has 6 nitrogen and oxygen atoms in total. The molecule has 0 radical (unpaired) electrons. The van der Waals surface area contributed by atoms with Crippen LogP contribution < -0.4 is 4.90 Å². The SMILES string of the molecule is C/C(=C\c1c(Br)ccnc1C)CN1CCN(c2ccc(C(=O)N(C)C)cc2)CC1=O. The van der Waals surface area contributed by atoms with Gasteiger partial charge in [0, 0.05) is 66.9 Å². The van der Waals surface area contributed by atoms with Gasteiger partial charge in [0.25, 0.3) is 5.91 Å². The van der Waals surface area contributed by atoms with Crippen molar-refractivity contribution in [2.45, 2.75) is 13.8 Å². The Morgan fingerprint density at radius 2 is 1.90 bits per heavy atom. The Bertz CT molecular complexity index is 949. The van der Waals surface area contributed by atoms with E-state index in [4.69, 9.17) is 0 Å². The number of nitrogens with zero attached hydrogens (tertiary/aromatic N) is 4. The van der Waals surface area contributed by atoms with Crippen molar-refractivity contribution in [3.05, 3.63) is 63.4 Å². The second-order valence-electron chi connectivity index (χ2n) is 7.77. The number of aryl methyl sites for hydroxylation is 1. The first-order valence-electron chi connectivity index (χ1n) is 9.89. The summed E-state index contributed by atoms with van der Waals surface area (Å²) in [6, 6.07) is 9.37. The van der Waals surface area contributed by atoms with Crippen LogP contribution in [0.3, 0.4) is 0 Å². The molecule has 0 atom stereocenters. The topological polar surface area (TPSA) is 56.8 Å². The zero-order valence-electron chi connectivity index (χ0n) is 17.9. The summed E-state index contributed by atoms with van der Waals surface area (Å²) in [5.41, 5.74) is 4.72. The fourth-order valence-electron chi connectivity index (χ4n) is 3.48. The van der Waals surface area contributed by atoms with Gasteiger partial charge in [0.2, 0.25) is 5.91 Å². The number of hydrogen-bond donors (Lipinski definition) is 0. The molecule has 0 saturated carbocycles. The van der Waals surface area contributed by atoms with Crippen molar-refractivity contribution in [2.75, 3.05) is 45.2 Å². The third-order valence-electron chi connectivity index (χ3n) is 5.17. The van der Waals surface area contributed by atoms with Gasteiger partial charge in [0.1, 0.15) is 0 Å². The lowest BCUT2D eigenvalue weighted by molar-refractivity contribution is -0.130. The van der Waals surface area contributed by atoms with Crippen molar-refractivity contribution in [2.24, 2.45) is 0 Å². The maximum Gasteiger partial charge on any atom is 0.253 e. The first-order valence-corrected chi connectivity index (χ1v) is 10.7. The number of anilines is 1. The van der Waals surface area contributed by atoms with Crippen LogP contribution in [0.5, 0.6) is 0 Å². The molecule has 3 rings (SSSR count). The quantitative estimate of drug-likeness (QED) is 0.669. The third-order valence-corrected chi connectivity index (χ3v) is 5.86. The number of amides is 2. The molecule has 1 fully saturated rings. The number of piperazine rings is 1. The van der Waals surface area contributed by atoms with E-state index in [0.29, 0.717) is 25.2 Å². The Hall–Kier alpha value is -2.67. The lowest BCUT2D eigenvalue weighted by atomic mass is 10.1. The summed E-state index contributed by atoms with van der Waals surface area (Å²) in [7, 11) is 3.47. The van der Waals surface area contributed by atoms with E-state index in [9.17, 15) is 9.59 Å². The molecular weight excluding hydrogens is 444 g/mol. The van der Waals surface area contributed by atoms with Crippen molar-refractivity contribution < 1.29 is 9.59 Å². The molecule has 0 unspecified atom stereocenters. The van der Waals surface area contributed by atoms with Gasteiger partial charge in [-0.3, -0.25) is 14.6 Å². The standard InChI is InChI=1S/C23H27BrN4O2/c1-16(13-20-17(2)25-10-9-21(20)24)14-28-12-11-27(15-22(28)29)19-7-5-18(6-8-19)23(30)26(3)4/h5-10,13H,11-12,14-15H2,1-4H3/b16-13+. The number of carbonyl (C=O) groups excluding carboxylic acids is 2. The van der Waals surface area contributed by atoms with Crippen LogP contribution in [0.4, 0.5) is 5.69 Å². The minimum Gasteiger partial charge on any atom is -0.360 e. The molecule has 2 aromatic rings. The molecule has 1 aliphatic rings. The lowest BCUT2D eigenvalue weighted by Gasteiger charge is -2.36. The maximum absolute atomic E-state index is 12.7. The molecule has 1 aliphatic heterocycles. The van der Waals surface area contributed by atoms with Gasteiger partial charge in [0.15, 0.2) is 0 Å². The van der Waals surface area contributed by atoms with E-state index in [0.717, 1.165) is 33.5 Å². The predicted octanol–water partition coefficient (Wildman–Crippen LogP) is 3.61. The monoisotopic (exact) mass is 470 g/mol. The van der Waals surface area contributed by atoms with E-state index in [1.165, 1.54) is 0 Å². The largest absolute Gasteiger partial charge is 0.360 e. The zero-order chi connectivity index (χ0) is 21.8. The normalized spacial score (nSPS) is 14.8. The molecule has 0 bridgehead atoms. The van der Waals surface area contributed by atoms with Gasteiger partial charge in [0.05, 0.1) is 6.54 Å². The number of hydrogen-bond acceptors (Lipinski definition) is 4. The summed E-state index contributed by atoms with van der Waals surface area (Å²) >= 11 is 3.57. The van der Waals surface area contributed by atoms with Gasteiger partial charge in [-0.15, -0.1) is 0 Å². The van der Waals surface area contributed by atoms with Crippen LogP contribution in [0.1, 0.15) is 28.5 Å². The van der Waals surface area contributed by atoms with Gasteiger partial charge in [-0.05, 0) is 44.2 Å². The summed E-state index contributed by atoms with van der Waals surface area (Å²) < 4.78 is 1.00. The van der Waals surface area contributed by atoms with Crippen molar-refractivity contribution >= 4 is 39.5 Å². The summed E-state index contributed by atoms with van der Waals surface area (Å²) in [4.78, 5) is 34.6. The van der Waals surface area contributed by atoms with Crippen LogP contribution in [0, 0.1) is 6.92 Å². The van der Waals surface area contributed by atoms with E-state index < -0.39 is 0 Å². The van der Waals surface area contributed by atoms with E-state index in [1.807, 2.05) is 49.1 Å². The molecule has 2 heterocycles. The zero-order valence-corrected chi connectivity index (χ0v) is 19.4. The van der Waals surface area contributed by atoms with E-state index in [1.54, 1.807) is 25.2 Å². The number of halogens is 1. The molecule has 158 valence electrons. The number of benzene rings is 1. The van der Waals surface area contributed by atoms with Gasteiger partial charge >= 0.3 is 0 Å². The molecule has 0 spiro atoms. The van der Waals surface area contributed by atoms with Crippen LogP contribution in [0.25, 0.3) is 6.08 Å². The molecule has 2 amide bonds. The number of aromatic nitrogens is 1.